The van der Waals surface area contributed by atoms with Gasteiger partial charge in [-0.05, 0) is 218 Å². The lowest BCUT2D eigenvalue weighted by molar-refractivity contribution is 0.443. The number of benzene rings is 12. The molecule has 1 aliphatic rings. The lowest BCUT2D eigenvalue weighted by Gasteiger charge is -2.33. The Morgan fingerprint density at radius 2 is 0.278 bits per heavy atom. The van der Waals surface area contributed by atoms with E-state index in [0.717, 1.165) is 68.2 Å². The van der Waals surface area contributed by atoms with Gasteiger partial charge in [0.05, 0.1) is 0 Å². The van der Waals surface area contributed by atoms with E-state index in [1.54, 1.807) is 0 Å². The minimum Gasteiger partial charge on any atom is -0.413 e. The molecule has 0 amide bonds. The third-order valence-electron chi connectivity index (χ3n) is 13.5. The highest BCUT2D eigenvalue weighted by Gasteiger charge is 2.49. The van der Waals surface area contributed by atoms with E-state index in [1.807, 2.05) is 328 Å². The van der Waals surface area contributed by atoms with Crippen LogP contribution in [0.4, 0.5) is 68.2 Å². The van der Waals surface area contributed by atoms with Gasteiger partial charge in [0, 0.05) is 68.2 Å². The molecule has 0 atom stereocenters. The Balaban J connectivity index is 1.01. The van der Waals surface area contributed by atoms with E-state index in [0.29, 0.717) is 34.5 Å². The average Bonchev–Trinajstić information content (AvgIpc) is 0.744. The van der Waals surface area contributed by atoms with Gasteiger partial charge in [-0.2, -0.15) is 0 Å². The lowest BCUT2D eigenvalue weighted by atomic mass is 10.2. The number of nitrogens with zero attached hydrogens (tertiary/aromatic N) is 3. The highest BCUT2D eigenvalue weighted by molar-refractivity contribution is 7.79. The van der Waals surface area contributed by atoms with Crippen molar-refractivity contribution >= 4 is 91.2 Å². The quantitative estimate of drug-likeness (QED) is 0.0318. The van der Waals surface area contributed by atoms with Crippen LogP contribution in [0.2, 0.25) is 0 Å². The van der Waals surface area contributed by atoms with Gasteiger partial charge in [0.25, 0.3) is 0 Å². The van der Waals surface area contributed by atoms with Crippen LogP contribution in [-0.2, 0) is 0 Å². The highest BCUT2D eigenvalue weighted by Crippen LogP contribution is 2.78. The lowest BCUT2D eigenvalue weighted by Crippen LogP contribution is -2.11. The van der Waals surface area contributed by atoms with Gasteiger partial charge in [-0.3, -0.25) is 0 Å². The van der Waals surface area contributed by atoms with Crippen molar-refractivity contribution in [3.63, 3.8) is 0 Å². The summed E-state index contributed by atoms with van der Waals surface area (Å²) in [5.41, 5.74) is 10.3. The zero-order valence-electron chi connectivity index (χ0n) is 48.3. The summed E-state index contributed by atoms with van der Waals surface area (Å²) < 4.78 is 60.7. The molecule has 0 spiro atoms. The van der Waals surface area contributed by atoms with Gasteiger partial charge in [-0.25, -0.2) is 0 Å². The van der Waals surface area contributed by atoms with Crippen LogP contribution in [0.25, 0.3) is 0 Å². The summed E-state index contributed by atoms with van der Waals surface area (Å²) in [6.45, 7) is 0. The number of nitrogens with one attached hydrogen (secondary N) is 6. The average molecular weight is 1240 g/mol. The molecule has 1 heterocycles. The predicted octanol–water partition coefficient (Wildman–Crippen LogP) is 22.8. The maximum absolute atomic E-state index is 7.33. The van der Waals surface area contributed by atoms with Crippen molar-refractivity contribution in [3.8, 4) is 34.5 Å². The summed E-state index contributed by atoms with van der Waals surface area (Å²) in [6.07, 6.45) is 0. The molecule has 90 heavy (non-hydrogen) atoms. The van der Waals surface area contributed by atoms with Gasteiger partial charge < -0.3 is 59.0 Å². The van der Waals surface area contributed by atoms with Crippen molar-refractivity contribution in [1.29, 1.82) is 0 Å². The molecule has 0 radical (unpaired) electrons. The van der Waals surface area contributed by atoms with Gasteiger partial charge in [0.15, 0.2) is 0 Å². The highest BCUT2D eigenvalue weighted by atomic mass is 31.3. The molecule has 1 aliphatic heterocycles. The van der Waals surface area contributed by atoms with Crippen molar-refractivity contribution in [2.24, 2.45) is 13.5 Å². The summed E-state index contributed by atoms with van der Waals surface area (Å²) in [6, 6.07) is 104. The minimum atomic E-state index is -4.34. The molecular formula is C72H60N9O6P3. The fourth-order valence-corrected chi connectivity index (χ4v) is 18.4. The van der Waals surface area contributed by atoms with Crippen LogP contribution in [0.3, 0.4) is 0 Å². The van der Waals surface area contributed by atoms with Crippen LogP contribution in [-0.4, -0.2) is 0 Å². The predicted molar refractivity (Wildman–Crippen MR) is 369 cm³/mol. The van der Waals surface area contributed by atoms with E-state index in [4.69, 9.17) is 40.7 Å². The Labute approximate surface area is 523 Å². The molecule has 0 saturated heterocycles. The summed E-state index contributed by atoms with van der Waals surface area (Å²) in [5.74, 6) is 2.14. The molecule has 0 saturated carbocycles. The molecule has 15 nitrogen and oxygen atoms in total. The molecule has 0 fully saturated rings. The second-order valence-corrected chi connectivity index (χ2v) is 26.6. The van der Waals surface area contributed by atoms with E-state index >= 15 is 0 Å². The molecule has 12 aromatic rings. The number of rotatable bonds is 24. The Morgan fingerprint density at radius 3 is 0.411 bits per heavy atom. The summed E-state index contributed by atoms with van der Waals surface area (Å²) >= 11 is 0. The molecule has 0 aromatic heterocycles. The van der Waals surface area contributed by atoms with E-state index in [1.165, 1.54) is 0 Å². The maximum atomic E-state index is 7.33. The Kier molecular flexibility index (Phi) is 17.6. The SMILES string of the molecule is c1ccc(Nc2ccc(OP3(Oc4ccc(Nc5ccccc5)cc4)=NP(Oc4ccc(Nc5ccccc5)cc4)(Oc4ccc(Nc5ccccc5)cc4)=NP(Oc4ccc(Nc5ccccc5)cc4)(Oc4ccc(Nc5ccccc5)cc4)=N3)cc2)cc1. The number of para-hydroxylation sites is 6. The summed E-state index contributed by atoms with van der Waals surface area (Å²) in [7, 11) is -13.0. The van der Waals surface area contributed by atoms with Crippen LogP contribution in [0.5, 0.6) is 34.5 Å². The van der Waals surface area contributed by atoms with E-state index in [-0.39, 0.29) is 0 Å². The van der Waals surface area contributed by atoms with E-state index in [2.05, 4.69) is 31.9 Å². The first-order chi connectivity index (χ1) is 44.3. The van der Waals surface area contributed by atoms with Crippen LogP contribution >= 0.6 is 23.0 Å². The van der Waals surface area contributed by atoms with Gasteiger partial charge in [0.2, 0.25) is 0 Å². The second-order valence-electron chi connectivity index (χ2n) is 20.4. The zero-order valence-corrected chi connectivity index (χ0v) is 51.0. The molecule has 0 unspecified atom stereocenters. The normalized spacial score (nSPS) is 13.2. The largest absolute Gasteiger partial charge is 0.460 e. The first-order valence-electron chi connectivity index (χ1n) is 28.9. The van der Waals surface area contributed by atoms with Crippen LogP contribution < -0.4 is 59.0 Å². The number of anilines is 12. The van der Waals surface area contributed by atoms with E-state index in [9.17, 15) is 0 Å². The fourth-order valence-electron chi connectivity index (χ4n) is 9.30. The second kappa shape index (κ2) is 27.3. The smallest absolute Gasteiger partial charge is 0.413 e. The molecule has 0 aliphatic carbocycles. The number of hydrogen-bond acceptors (Lipinski definition) is 15. The molecule has 13 rings (SSSR count). The Morgan fingerprint density at radius 1 is 0.156 bits per heavy atom. The van der Waals surface area contributed by atoms with Crippen molar-refractivity contribution in [3.05, 3.63) is 328 Å². The topological polar surface area (TPSA) is 165 Å². The summed E-state index contributed by atoms with van der Waals surface area (Å²) in [4.78, 5) is 0. The molecule has 444 valence electrons. The van der Waals surface area contributed by atoms with Gasteiger partial charge in [-0.15, -0.1) is 0 Å². The molecule has 6 N–H and O–H groups in total. The van der Waals surface area contributed by atoms with Crippen LogP contribution in [0.15, 0.2) is 341 Å². The van der Waals surface area contributed by atoms with Gasteiger partial charge in [-0.1, -0.05) is 123 Å². The zero-order chi connectivity index (χ0) is 60.7. The third kappa shape index (κ3) is 15.5. The first kappa shape index (κ1) is 58.0. The van der Waals surface area contributed by atoms with Crippen LogP contribution in [0.1, 0.15) is 0 Å². The Hall–Kier alpha value is -11.1. The van der Waals surface area contributed by atoms with E-state index < -0.39 is 23.0 Å². The van der Waals surface area contributed by atoms with Crippen molar-refractivity contribution in [2.75, 3.05) is 31.9 Å². The van der Waals surface area contributed by atoms with Crippen LogP contribution in [0, 0.1) is 0 Å². The third-order valence-corrected chi connectivity index (χ3v) is 21.6. The number of hydrogen-bond donors (Lipinski definition) is 6. The molecular weight excluding hydrogens is 1180 g/mol. The monoisotopic (exact) mass is 1240 g/mol. The van der Waals surface area contributed by atoms with Gasteiger partial charge in [0.1, 0.15) is 34.5 Å². The Bertz CT molecular complexity index is 3710. The maximum Gasteiger partial charge on any atom is 0.460 e. The molecule has 0 bridgehead atoms. The van der Waals surface area contributed by atoms with Crippen molar-refractivity contribution in [2.45, 2.75) is 0 Å². The molecule has 12 aromatic carbocycles. The van der Waals surface area contributed by atoms with Gasteiger partial charge >= 0.3 is 23.0 Å². The van der Waals surface area contributed by atoms with Crippen molar-refractivity contribution in [1.82, 2.24) is 0 Å². The first-order valence-corrected chi connectivity index (χ1v) is 33.5. The fraction of sp³-hybridized carbons (Fsp3) is 0. The standard InChI is InChI=1S/C72H60N9O6P3/c1-7-19-55(20-8-1)73-61-31-43-67(44-32-61)82-88(83-68-45-33-62(34-46-68)74-56-21-9-2-10-22-56)79-89(84-69-47-35-63(36-48-69)75-57-23-11-3-12-24-57,85-70-49-37-64(38-50-70)76-58-25-13-4-14-26-58)81-90(80-88,86-71-51-39-65(40-52-71)77-59-27-15-5-16-28-59)87-72-53-41-66(42-54-72)78-60-29-17-6-18-30-60/h1-54,73-78H. The summed E-state index contributed by atoms with van der Waals surface area (Å²) in [5, 5.41) is 20.9. The minimum absolute atomic E-state index is 0.357. The van der Waals surface area contributed by atoms with Crippen molar-refractivity contribution < 1.29 is 27.1 Å². The molecule has 18 heteroatoms.